The molecule has 0 aromatic rings. The van der Waals surface area contributed by atoms with E-state index >= 15 is 0 Å². The molecule has 110 valence electrons. The molecule has 0 N–H and O–H groups in total. The summed E-state index contributed by atoms with van der Waals surface area (Å²) >= 11 is 0. The smallest absolute Gasteiger partial charge is 0.313 e. The molecule has 0 radical (unpaired) electrons. The summed E-state index contributed by atoms with van der Waals surface area (Å²) in [6.07, 6.45) is 4.92. The molecule has 3 nitrogen and oxygen atoms in total. The zero-order chi connectivity index (χ0) is 14.3. The normalized spacial score (nSPS) is 32.6. The number of ether oxygens (including phenoxy) is 2. The van der Waals surface area contributed by atoms with Crippen LogP contribution in [0.3, 0.4) is 0 Å². The molecule has 0 amide bonds. The minimum Gasteiger partial charge on any atom is -0.438 e. The zero-order valence-electron chi connectivity index (χ0n) is 13.0. The van der Waals surface area contributed by atoms with E-state index in [4.69, 9.17) is 9.47 Å². The van der Waals surface area contributed by atoms with Gasteiger partial charge < -0.3 is 9.47 Å². The summed E-state index contributed by atoms with van der Waals surface area (Å²) in [6, 6.07) is 0. The topological polar surface area (TPSA) is 35.5 Å². The van der Waals surface area contributed by atoms with Crippen molar-refractivity contribution < 1.29 is 14.3 Å². The molecule has 2 aliphatic carbocycles. The fourth-order valence-corrected chi connectivity index (χ4v) is 3.66. The van der Waals surface area contributed by atoms with Crippen LogP contribution in [0.1, 0.15) is 60.3 Å². The Labute approximate surface area is 117 Å². The van der Waals surface area contributed by atoms with Gasteiger partial charge in [0.05, 0.1) is 11.5 Å². The van der Waals surface area contributed by atoms with Crippen molar-refractivity contribution in [2.75, 3.05) is 6.79 Å². The molecule has 0 heterocycles. The molecule has 3 heteroatoms. The quantitative estimate of drug-likeness (QED) is 0.562. The highest BCUT2D eigenvalue weighted by molar-refractivity contribution is 5.75. The van der Waals surface area contributed by atoms with E-state index in [9.17, 15) is 4.79 Å². The van der Waals surface area contributed by atoms with Crippen molar-refractivity contribution in [1.29, 1.82) is 0 Å². The van der Waals surface area contributed by atoms with E-state index in [1.54, 1.807) is 0 Å². The molecule has 19 heavy (non-hydrogen) atoms. The predicted molar refractivity (Wildman–Crippen MR) is 74.5 cm³/mol. The van der Waals surface area contributed by atoms with Crippen molar-refractivity contribution in [2.45, 2.75) is 66.4 Å². The Bertz CT molecular complexity index is 346. The van der Waals surface area contributed by atoms with E-state index < -0.39 is 5.41 Å². The Morgan fingerprint density at radius 1 is 1.32 bits per heavy atom. The van der Waals surface area contributed by atoms with Gasteiger partial charge in [0.2, 0.25) is 0 Å². The highest BCUT2D eigenvalue weighted by Crippen LogP contribution is 2.56. The van der Waals surface area contributed by atoms with Crippen molar-refractivity contribution >= 4 is 5.97 Å². The number of carbonyl (C=O) groups excluding carboxylic acids is 1. The molecule has 2 fully saturated rings. The van der Waals surface area contributed by atoms with Crippen molar-refractivity contribution in [1.82, 2.24) is 0 Å². The van der Waals surface area contributed by atoms with Crippen molar-refractivity contribution in [2.24, 2.45) is 22.7 Å². The molecular formula is C16H28O3. The summed E-state index contributed by atoms with van der Waals surface area (Å²) in [7, 11) is 0. The van der Waals surface area contributed by atoms with Crippen LogP contribution in [0, 0.1) is 22.7 Å². The summed E-state index contributed by atoms with van der Waals surface area (Å²) in [5, 5.41) is 0. The van der Waals surface area contributed by atoms with Gasteiger partial charge in [-0.3, -0.25) is 4.79 Å². The highest BCUT2D eigenvalue weighted by Gasteiger charge is 2.53. The Balaban J connectivity index is 1.82. The van der Waals surface area contributed by atoms with Gasteiger partial charge >= 0.3 is 5.97 Å². The molecular weight excluding hydrogens is 240 g/mol. The molecule has 2 bridgehead atoms. The highest BCUT2D eigenvalue weighted by atomic mass is 16.7. The summed E-state index contributed by atoms with van der Waals surface area (Å²) in [5.74, 6) is 1.29. The van der Waals surface area contributed by atoms with Crippen LogP contribution in [0.15, 0.2) is 0 Å². The number of hydrogen-bond acceptors (Lipinski definition) is 3. The van der Waals surface area contributed by atoms with Gasteiger partial charge in [-0.25, -0.2) is 0 Å². The summed E-state index contributed by atoms with van der Waals surface area (Å²) in [6.45, 7) is 10.5. The van der Waals surface area contributed by atoms with Gasteiger partial charge in [-0.1, -0.05) is 20.8 Å². The van der Waals surface area contributed by atoms with Crippen LogP contribution in [0.4, 0.5) is 0 Å². The molecule has 0 aromatic carbocycles. The van der Waals surface area contributed by atoms with E-state index in [0.29, 0.717) is 5.92 Å². The lowest BCUT2D eigenvalue weighted by atomic mass is 9.74. The van der Waals surface area contributed by atoms with Crippen LogP contribution >= 0.6 is 0 Å². The first-order valence-corrected chi connectivity index (χ1v) is 7.58. The van der Waals surface area contributed by atoms with Gasteiger partial charge in [-0.15, -0.1) is 0 Å². The third-order valence-electron chi connectivity index (χ3n) is 5.56. The van der Waals surface area contributed by atoms with Gasteiger partial charge in [0.1, 0.15) is 0 Å². The van der Waals surface area contributed by atoms with E-state index in [1.807, 2.05) is 20.8 Å². The molecule has 0 aromatic heterocycles. The summed E-state index contributed by atoms with van der Waals surface area (Å²) < 4.78 is 11.2. The fourth-order valence-electron chi connectivity index (χ4n) is 3.66. The minimum atomic E-state index is -0.409. The first-order valence-electron chi connectivity index (χ1n) is 7.58. The molecule has 0 saturated heterocycles. The molecule has 0 spiro atoms. The van der Waals surface area contributed by atoms with Crippen LogP contribution in [0.2, 0.25) is 0 Å². The number of hydrogen-bond donors (Lipinski definition) is 0. The molecule has 3 atom stereocenters. The molecule has 2 rings (SSSR count). The van der Waals surface area contributed by atoms with Crippen LogP contribution in [0.25, 0.3) is 0 Å². The fraction of sp³-hybridized carbons (Fsp3) is 0.938. The maximum atomic E-state index is 11.9. The largest absolute Gasteiger partial charge is 0.438 e. The van der Waals surface area contributed by atoms with Crippen LogP contribution in [0.5, 0.6) is 0 Å². The van der Waals surface area contributed by atoms with Gasteiger partial charge in [-0.05, 0) is 56.8 Å². The van der Waals surface area contributed by atoms with Gasteiger partial charge in [0.25, 0.3) is 0 Å². The SMILES string of the molecule is CCC(C)(C)C(=O)OCOC1C2CCC(C2)C1(C)C. The van der Waals surface area contributed by atoms with Crippen LogP contribution in [-0.2, 0) is 14.3 Å². The Morgan fingerprint density at radius 3 is 2.53 bits per heavy atom. The van der Waals surface area contributed by atoms with Gasteiger partial charge in [0.15, 0.2) is 6.79 Å². The first-order chi connectivity index (χ1) is 8.79. The second kappa shape index (κ2) is 5.08. The number of rotatable bonds is 5. The predicted octanol–water partition coefficient (Wildman–Crippen LogP) is 3.76. The Hall–Kier alpha value is -0.570. The lowest BCUT2D eigenvalue weighted by Gasteiger charge is -2.37. The molecule has 3 unspecified atom stereocenters. The standard InChI is InChI=1S/C16H28O3/c1-6-15(2,3)14(17)19-10-18-13-11-7-8-12(9-11)16(13,4)5/h11-13H,6-10H2,1-5H3. The lowest BCUT2D eigenvalue weighted by Crippen LogP contribution is -2.38. The van der Waals surface area contributed by atoms with E-state index in [-0.39, 0.29) is 24.3 Å². The van der Waals surface area contributed by atoms with Crippen LogP contribution in [-0.4, -0.2) is 18.9 Å². The van der Waals surface area contributed by atoms with Crippen molar-refractivity contribution in [3.8, 4) is 0 Å². The lowest BCUT2D eigenvalue weighted by molar-refractivity contribution is -0.181. The molecule has 0 aliphatic heterocycles. The maximum Gasteiger partial charge on any atom is 0.313 e. The second-order valence-electron chi connectivity index (χ2n) is 7.47. The van der Waals surface area contributed by atoms with Crippen molar-refractivity contribution in [3.63, 3.8) is 0 Å². The van der Waals surface area contributed by atoms with E-state index in [0.717, 1.165) is 12.3 Å². The maximum absolute atomic E-state index is 11.9. The summed E-state index contributed by atoms with van der Waals surface area (Å²) in [4.78, 5) is 11.9. The third-order valence-corrected chi connectivity index (χ3v) is 5.56. The number of esters is 1. The van der Waals surface area contributed by atoms with Gasteiger partial charge in [0, 0.05) is 0 Å². The first kappa shape index (κ1) is 14.8. The van der Waals surface area contributed by atoms with E-state index in [1.165, 1.54) is 19.3 Å². The van der Waals surface area contributed by atoms with Crippen LogP contribution < -0.4 is 0 Å². The second-order valence-corrected chi connectivity index (χ2v) is 7.47. The monoisotopic (exact) mass is 268 g/mol. The molecule has 2 saturated carbocycles. The zero-order valence-corrected chi connectivity index (χ0v) is 13.0. The number of fused-ring (bicyclic) bond motifs is 2. The molecule has 2 aliphatic rings. The minimum absolute atomic E-state index is 0.111. The summed E-state index contributed by atoms with van der Waals surface area (Å²) in [5.41, 5.74) is -0.177. The van der Waals surface area contributed by atoms with Crippen molar-refractivity contribution in [3.05, 3.63) is 0 Å². The number of carbonyl (C=O) groups is 1. The van der Waals surface area contributed by atoms with Gasteiger partial charge in [-0.2, -0.15) is 0 Å². The average molecular weight is 268 g/mol. The Kier molecular flexibility index (Phi) is 3.97. The van der Waals surface area contributed by atoms with E-state index in [2.05, 4.69) is 13.8 Å². The third kappa shape index (κ3) is 2.67. The average Bonchev–Trinajstić information content (AvgIpc) is 2.90. The Morgan fingerprint density at radius 2 is 2.00 bits per heavy atom.